The fourth-order valence-electron chi connectivity index (χ4n) is 10.5. The van der Waals surface area contributed by atoms with Gasteiger partial charge in [0, 0.05) is 36.5 Å². The second-order valence-electron chi connectivity index (χ2n) is 15.7. The Kier molecular flexibility index (Phi) is 10.6. The number of hydrogen-bond acceptors (Lipinski definition) is 9. The Morgan fingerprint density at radius 2 is 1.90 bits per heavy atom. The van der Waals surface area contributed by atoms with Crippen LogP contribution in [0.5, 0.6) is 0 Å². The quantitative estimate of drug-likeness (QED) is 0.306. The Morgan fingerprint density at radius 1 is 1.10 bits per heavy atom. The molecule has 9 nitrogen and oxygen atoms in total. The number of nitrogens with zero attached hydrogens (tertiary/aromatic N) is 4. The van der Waals surface area contributed by atoms with Crippen LogP contribution < -0.4 is 10.6 Å². The smallest absolute Gasteiger partial charge is 0.246 e. The summed E-state index contributed by atoms with van der Waals surface area (Å²) >= 11 is 1.81. The zero-order valence-electron chi connectivity index (χ0n) is 29.6. The highest BCUT2D eigenvalue weighted by molar-refractivity contribution is 8.01. The van der Waals surface area contributed by atoms with Crippen LogP contribution in [0.2, 0.25) is 0 Å². The van der Waals surface area contributed by atoms with Gasteiger partial charge in [0.15, 0.2) is 12.1 Å². The predicted octanol–water partition coefficient (Wildman–Crippen LogP) is 4.92. The third-order valence-corrected chi connectivity index (χ3v) is 15.0. The number of ether oxygens (including phenoxy) is 1. The van der Waals surface area contributed by atoms with E-state index in [0.717, 1.165) is 45.1 Å². The zero-order valence-corrected chi connectivity index (χ0v) is 30.4. The average molecular weight is 689 g/mol. The van der Waals surface area contributed by atoms with E-state index in [1.165, 1.54) is 48.6 Å². The van der Waals surface area contributed by atoms with Gasteiger partial charge in [-0.2, -0.15) is 5.26 Å². The molecule has 10 heteroatoms. The van der Waals surface area contributed by atoms with Gasteiger partial charge < -0.3 is 14.5 Å². The van der Waals surface area contributed by atoms with Crippen LogP contribution >= 0.6 is 11.8 Å². The summed E-state index contributed by atoms with van der Waals surface area (Å²) in [6, 6.07) is 10.8. The summed E-state index contributed by atoms with van der Waals surface area (Å²) in [4.78, 5) is 36.4. The zero-order chi connectivity index (χ0) is 34.2. The van der Waals surface area contributed by atoms with Gasteiger partial charge in [0.1, 0.15) is 0 Å². The lowest BCUT2D eigenvalue weighted by molar-refractivity contribution is -0.184. The van der Waals surface area contributed by atoms with Crippen molar-refractivity contribution < 1.29 is 14.3 Å². The van der Waals surface area contributed by atoms with Crippen LogP contribution in [-0.2, 0) is 20.7 Å². The number of Topliss-reactive ketones (excluding diaryl/α,β-unsaturated/α-hetero) is 1. The van der Waals surface area contributed by atoms with Gasteiger partial charge in [0.25, 0.3) is 0 Å². The Labute approximate surface area is 297 Å². The monoisotopic (exact) mass is 688 g/mol. The summed E-state index contributed by atoms with van der Waals surface area (Å²) in [6.45, 7) is 9.56. The second-order valence-corrected chi connectivity index (χ2v) is 17.1. The minimum absolute atomic E-state index is 0.0390. The van der Waals surface area contributed by atoms with Crippen LogP contribution in [0.3, 0.4) is 0 Å². The van der Waals surface area contributed by atoms with E-state index < -0.39 is 16.8 Å². The number of piperazine rings is 1. The largest absolute Gasteiger partial charge is 0.348 e. The van der Waals surface area contributed by atoms with Crippen LogP contribution in [0.25, 0.3) is 0 Å². The lowest BCUT2D eigenvalue weighted by Crippen LogP contribution is -2.83. The highest BCUT2D eigenvalue weighted by Gasteiger charge is 2.64. The molecule has 7 unspecified atom stereocenters. The van der Waals surface area contributed by atoms with Gasteiger partial charge in [-0.15, -0.1) is 11.8 Å². The standard InChI is InChI=1S/C39H56N6O3S/c1-4-34(46)45-23-22-44(25-30(45)18-20-40)39(29-13-7-5-6-8-14-29)32-17-19-38(27(2)24-28-12-9-10-16-33(28)49-38)36(47)35(32)41-37(42-39)48-26-31-15-11-21-43(31)3/h4,9-10,12,16,27,29-32,35,37,41-42H,1,5-8,11,13-15,17-19,21-26H2,2-3H3/t27?,30?,31?,32?,35?,37?,38-,39?/m0/s1. The first kappa shape index (κ1) is 35.2. The van der Waals surface area contributed by atoms with Crippen molar-refractivity contribution in [3.8, 4) is 6.07 Å². The number of nitrogens with one attached hydrogen (secondary N) is 2. The van der Waals surface area contributed by atoms with Crippen LogP contribution in [0, 0.1) is 29.1 Å². The number of thioether (sulfide) groups is 1. The highest BCUT2D eigenvalue weighted by atomic mass is 32.2. The number of carbonyl (C=O) groups excluding carboxylic acids is 2. The summed E-state index contributed by atoms with van der Waals surface area (Å²) in [5.74, 6) is 0.811. The molecule has 6 aliphatic rings. The summed E-state index contributed by atoms with van der Waals surface area (Å²) in [7, 11) is 2.18. The molecule has 0 aromatic heterocycles. The number of hydrogen-bond donors (Lipinski definition) is 2. The van der Waals surface area contributed by atoms with Crippen molar-refractivity contribution in [2.75, 3.05) is 39.8 Å². The highest BCUT2D eigenvalue weighted by Crippen LogP contribution is 2.56. The normalized spacial score (nSPS) is 37.7. The predicted molar refractivity (Wildman–Crippen MR) is 193 cm³/mol. The molecule has 4 heterocycles. The van der Waals surface area contributed by atoms with E-state index in [9.17, 15) is 10.1 Å². The van der Waals surface area contributed by atoms with E-state index in [2.05, 4.69) is 71.3 Å². The van der Waals surface area contributed by atoms with Crippen molar-refractivity contribution in [1.29, 1.82) is 5.26 Å². The minimum atomic E-state index is -0.499. The summed E-state index contributed by atoms with van der Waals surface area (Å²) < 4.78 is 6.35. The van der Waals surface area contributed by atoms with Crippen LogP contribution in [0.4, 0.5) is 0 Å². The van der Waals surface area contributed by atoms with E-state index in [0.29, 0.717) is 44.0 Å². The number of fused-ring (bicyclic) bond motifs is 2. The molecule has 1 aromatic carbocycles. The molecule has 266 valence electrons. The summed E-state index contributed by atoms with van der Waals surface area (Å²) in [6.07, 6.45) is 13.2. The number of ketones is 1. The Hall–Kier alpha value is -2.26. The molecule has 3 saturated heterocycles. The molecular weight excluding hydrogens is 633 g/mol. The maximum absolute atomic E-state index is 15.4. The molecule has 4 aliphatic heterocycles. The number of rotatable bonds is 7. The molecule has 1 amide bonds. The van der Waals surface area contributed by atoms with E-state index in [4.69, 9.17) is 4.74 Å². The number of benzene rings is 1. The third kappa shape index (κ3) is 6.42. The van der Waals surface area contributed by atoms with E-state index >= 15 is 4.79 Å². The van der Waals surface area contributed by atoms with Crippen molar-refractivity contribution >= 4 is 23.5 Å². The first-order valence-electron chi connectivity index (χ1n) is 19.0. The topological polar surface area (TPSA) is 101 Å². The number of carbonyl (C=O) groups is 2. The Bertz CT molecular complexity index is 1430. The lowest BCUT2D eigenvalue weighted by atomic mass is 9.61. The number of amides is 1. The van der Waals surface area contributed by atoms with Gasteiger partial charge in [0.05, 0.1) is 41.6 Å². The molecule has 2 aliphatic carbocycles. The Balaban J connectivity index is 1.28. The van der Waals surface area contributed by atoms with Gasteiger partial charge in [0.2, 0.25) is 5.91 Å². The second kappa shape index (κ2) is 14.8. The summed E-state index contributed by atoms with van der Waals surface area (Å²) in [5, 5.41) is 17.9. The van der Waals surface area contributed by atoms with E-state index in [-0.39, 0.29) is 36.2 Å². The first-order chi connectivity index (χ1) is 23.8. The maximum Gasteiger partial charge on any atom is 0.246 e. The molecule has 49 heavy (non-hydrogen) atoms. The molecule has 1 spiro atoms. The molecule has 2 saturated carbocycles. The molecule has 8 atom stereocenters. The first-order valence-corrected chi connectivity index (χ1v) is 19.8. The van der Waals surface area contributed by atoms with Gasteiger partial charge in [-0.1, -0.05) is 57.4 Å². The van der Waals surface area contributed by atoms with Crippen LogP contribution in [0.15, 0.2) is 41.8 Å². The number of likely N-dealkylation sites (N-methyl/N-ethyl adjacent to an activating group) is 1. The Morgan fingerprint density at radius 3 is 2.63 bits per heavy atom. The van der Waals surface area contributed by atoms with Gasteiger partial charge in [-0.05, 0) is 88.1 Å². The molecule has 1 aromatic rings. The lowest BCUT2D eigenvalue weighted by Gasteiger charge is -2.64. The third-order valence-electron chi connectivity index (χ3n) is 13.2. The molecule has 7 rings (SSSR count). The van der Waals surface area contributed by atoms with Gasteiger partial charge in [-0.3, -0.25) is 25.1 Å². The van der Waals surface area contributed by atoms with Crippen molar-refractivity contribution in [2.45, 2.75) is 124 Å². The number of nitriles is 1. The molecule has 5 fully saturated rings. The minimum Gasteiger partial charge on any atom is -0.348 e. The van der Waals surface area contributed by atoms with Crippen LogP contribution in [-0.4, -0.2) is 101 Å². The average Bonchev–Trinajstić information content (AvgIpc) is 3.33. The molecule has 0 bridgehead atoms. The molecular formula is C39H56N6O3S. The van der Waals surface area contributed by atoms with Gasteiger partial charge in [-0.25, -0.2) is 0 Å². The van der Waals surface area contributed by atoms with Crippen molar-refractivity contribution in [3.63, 3.8) is 0 Å². The number of likely N-dealkylation sites (tertiary alicyclic amines) is 1. The van der Waals surface area contributed by atoms with Gasteiger partial charge >= 0.3 is 0 Å². The van der Waals surface area contributed by atoms with E-state index in [1.54, 1.807) is 0 Å². The fraction of sp³-hybridized carbons (Fsp3) is 0.718. The fourth-order valence-corrected chi connectivity index (χ4v) is 12.1. The maximum atomic E-state index is 15.4. The molecule has 0 radical (unpaired) electrons. The van der Waals surface area contributed by atoms with E-state index in [1.807, 2.05) is 16.7 Å². The summed E-state index contributed by atoms with van der Waals surface area (Å²) in [5.41, 5.74) is 0.852. The van der Waals surface area contributed by atoms with Crippen molar-refractivity contribution in [2.24, 2.45) is 17.8 Å². The molecule has 2 N–H and O–H groups in total. The van der Waals surface area contributed by atoms with Crippen LogP contribution in [0.1, 0.15) is 83.1 Å². The SMILES string of the molecule is C=CC(=O)N1CCN(C2(C3CCCCCC3)NC(OCC3CCCN3C)NC3C(=O)[C@@]4(CCC32)Sc2ccccc2CC4C)CC1CC#N. The van der Waals surface area contributed by atoms with Crippen molar-refractivity contribution in [3.05, 3.63) is 42.5 Å². The van der Waals surface area contributed by atoms with Crippen molar-refractivity contribution in [1.82, 2.24) is 25.3 Å².